The van der Waals surface area contributed by atoms with Crippen LogP contribution in [0.25, 0.3) is 0 Å². The van der Waals surface area contributed by atoms with Crippen molar-refractivity contribution in [3.8, 4) is 0 Å². The van der Waals surface area contributed by atoms with Crippen molar-refractivity contribution in [2.24, 2.45) is 7.05 Å². The largest absolute Gasteiger partial charge is 0.353 e. The van der Waals surface area contributed by atoms with Gasteiger partial charge in [0.15, 0.2) is 0 Å². The van der Waals surface area contributed by atoms with E-state index in [0.717, 1.165) is 30.5 Å². The molecule has 0 saturated heterocycles. The van der Waals surface area contributed by atoms with Gasteiger partial charge in [0.25, 0.3) is 5.91 Å². The lowest BCUT2D eigenvalue weighted by molar-refractivity contribution is -0.133. The van der Waals surface area contributed by atoms with Crippen LogP contribution in [0.1, 0.15) is 53.9 Å². The second kappa shape index (κ2) is 12.0. The van der Waals surface area contributed by atoms with Gasteiger partial charge in [0.05, 0.1) is 6.54 Å². The van der Waals surface area contributed by atoms with E-state index >= 15 is 0 Å². The third-order valence-electron chi connectivity index (χ3n) is 5.98. The first-order chi connectivity index (χ1) is 16.0. The molecule has 3 rings (SSSR count). The molecule has 174 valence electrons. The highest BCUT2D eigenvalue weighted by Gasteiger charge is 2.23. The van der Waals surface area contributed by atoms with Crippen LogP contribution >= 0.6 is 0 Å². The van der Waals surface area contributed by atoms with Gasteiger partial charge in [-0.25, -0.2) is 0 Å². The molecule has 0 N–H and O–H groups in total. The maximum atomic E-state index is 13.5. The fraction of sp³-hybridized carbons (Fsp3) is 0.357. The van der Waals surface area contributed by atoms with E-state index in [9.17, 15) is 9.59 Å². The molecular formula is C28H35N3O2. The van der Waals surface area contributed by atoms with Crippen LogP contribution in [0.15, 0.2) is 72.9 Å². The van der Waals surface area contributed by atoms with Crippen LogP contribution in [0.4, 0.5) is 0 Å². The topological polar surface area (TPSA) is 45.6 Å². The Labute approximate surface area is 197 Å². The number of amides is 2. The minimum Gasteiger partial charge on any atom is -0.353 e. The maximum absolute atomic E-state index is 13.5. The average molecular weight is 446 g/mol. The van der Waals surface area contributed by atoms with Gasteiger partial charge in [0, 0.05) is 37.6 Å². The summed E-state index contributed by atoms with van der Waals surface area (Å²) in [6.07, 6.45) is 4.74. The molecule has 0 aliphatic rings. The summed E-state index contributed by atoms with van der Waals surface area (Å²) in [6, 6.07) is 21.7. The van der Waals surface area contributed by atoms with Crippen LogP contribution in [0, 0.1) is 0 Å². The van der Waals surface area contributed by atoms with Crippen molar-refractivity contribution in [2.75, 3.05) is 13.1 Å². The normalized spacial score (nSPS) is 10.8. The predicted molar refractivity (Wildman–Crippen MR) is 133 cm³/mol. The Balaban J connectivity index is 1.80. The Bertz CT molecular complexity index is 1020. The minimum atomic E-state index is -0.0852. The Morgan fingerprint density at radius 3 is 2.15 bits per heavy atom. The molecule has 0 radical (unpaired) electrons. The molecule has 5 heteroatoms. The first kappa shape index (κ1) is 24.3. The molecular weight excluding hydrogens is 410 g/mol. The van der Waals surface area contributed by atoms with E-state index in [1.54, 1.807) is 4.90 Å². The molecule has 0 unspecified atom stereocenters. The van der Waals surface area contributed by atoms with E-state index in [2.05, 4.69) is 13.8 Å². The SMILES string of the molecule is CCCCN(CC(=O)N(Cc1ccccc1)Cc1cccn1C)C(=O)c1ccc(CC)cc1. The molecule has 5 nitrogen and oxygen atoms in total. The van der Waals surface area contributed by atoms with Gasteiger partial charge >= 0.3 is 0 Å². The van der Waals surface area contributed by atoms with E-state index in [1.165, 1.54) is 5.56 Å². The van der Waals surface area contributed by atoms with E-state index in [4.69, 9.17) is 0 Å². The third kappa shape index (κ3) is 6.82. The molecule has 0 aliphatic heterocycles. The van der Waals surface area contributed by atoms with E-state index < -0.39 is 0 Å². The van der Waals surface area contributed by atoms with Gasteiger partial charge in [0.1, 0.15) is 6.54 Å². The van der Waals surface area contributed by atoms with E-state index in [0.29, 0.717) is 25.2 Å². The Morgan fingerprint density at radius 1 is 0.818 bits per heavy atom. The third-order valence-corrected chi connectivity index (χ3v) is 5.98. The Morgan fingerprint density at radius 2 is 1.55 bits per heavy atom. The summed E-state index contributed by atoms with van der Waals surface area (Å²) < 4.78 is 2.03. The number of aromatic nitrogens is 1. The average Bonchev–Trinajstić information content (AvgIpc) is 3.25. The quantitative estimate of drug-likeness (QED) is 0.414. The molecule has 1 heterocycles. The standard InChI is InChI=1S/C28H35N3O2/c1-4-6-19-30(28(33)25-16-14-23(5-2)15-17-25)22-27(32)31(20-24-11-8-7-9-12-24)21-26-13-10-18-29(26)3/h7-18H,4-6,19-22H2,1-3H3. The number of hydrogen-bond acceptors (Lipinski definition) is 2. The molecule has 0 bridgehead atoms. The van der Waals surface area contributed by atoms with Crippen LogP contribution < -0.4 is 0 Å². The monoisotopic (exact) mass is 445 g/mol. The van der Waals surface area contributed by atoms with Crippen molar-refractivity contribution in [1.82, 2.24) is 14.4 Å². The lowest BCUT2D eigenvalue weighted by atomic mass is 10.1. The van der Waals surface area contributed by atoms with Crippen molar-refractivity contribution in [3.05, 3.63) is 95.3 Å². The van der Waals surface area contributed by atoms with Gasteiger partial charge in [-0.3, -0.25) is 9.59 Å². The summed E-state index contributed by atoms with van der Waals surface area (Å²) in [4.78, 5) is 30.4. The smallest absolute Gasteiger partial charge is 0.254 e. The molecule has 0 fully saturated rings. The summed E-state index contributed by atoms with van der Waals surface area (Å²) in [7, 11) is 1.98. The molecule has 0 saturated carbocycles. The second-order valence-corrected chi connectivity index (χ2v) is 8.48. The highest BCUT2D eigenvalue weighted by Crippen LogP contribution is 2.14. The zero-order valence-corrected chi connectivity index (χ0v) is 20.0. The highest BCUT2D eigenvalue weighted by atomic mass is 16.2. The Hall–Kier alpha value is -3.34. The van der Waals surface area contributed by atoms with Crippen LogP contribution in [-0.2, 0) is 31.4 Å². The van der Waals surface area contributed by atoms with Crippen molar-refractivity contribution in [3.63, 3.8) is 0 Å². The number of aryl methyl sites for hydroxylation is 2. The molecule has 3 aromatic rings. The van der Waals surface area contributed by atoms with Crippen molar-refractivity contribution in [1.29, 1.82) is 0 Å². The summed E-state index contributed by atoms with van der Waals surface area (Å²) in [6.45, 7) is 5.84. The van der Waals surface area contributed by atoms with Gasteiger partial charge in [-0.2, -0.15) is 0 Å². The van der Waals surface area contributed by atoms with Crippen LogP contribution in [0.3, 0.4) is 0 Å². The number of benzene rings is 2. The van der Waals surface area contributed by atoms with Crippen LogP contribution in [-0.4, -0.2) is 39.3 Å². The molecule has 0 atom stereocenters. The van der Waals surface area contributed by atoms with Crippen molar-refractivity contribution in [2.45, 2.75) is 46.2 Å². The molecule has 2 amide bonds. The first-order valence-electron chi connectivity index (χ1n) is 11.8. The number of rotatable bonds is 11. The number of unbranched alkanes of at least 4 members (excludes halogenated alkanes) is 1. The predicted octanol–water partition coefficient (Wildman–Crippen LogP) is 5.06. The zero-order valence-electron chi connectivity index (χ0n) is 20.0. The van der Waals surface area contributed by atoms with Crippen molar-refractivity contribution >= 4 is 11.8 Å². The van der Waals surface area contributed by atoms with Gasteiger partial charge in [-0.15, -0.1) is 0 Å². The molecule has 33 heavy (non-hydrogen) atoms. The van der Waals surface area contributed by atoms with E-state index in [-0.39, 0.29) is 18.4 Å². The van der Waals surface area contributed by atoms with Crippen LogP contribution in [0.5, 0.6) is 0 Å². The zero-order chi connectivity index (χ0) is 23.6. The van der Waals surface area contributed by atoms with Gasteiger partial charge < -0.3 is 14.4 Å². The van der Waals surface area contributed by atoms with Gasteiger partial charge in [0.2, 0.25) is 5.91 Å². The molecule has 2 aromatic carbocycles. The lowest BCUT2D eigenvalue weighted by Crippen LogP contribution is -2.43. The number of carbonyl (C=O) groups excluding carboxylic acids is 2. The molecule has 1 aromatic heterocycles. The maximum Gasteiger partial charge on any atom is 0.254 e. The first-order valence-corrected chi connectivity index (χ1v) is 11.8. The summed E-state index contributed by atoms with van der Waals surface area (Å²) in [5.41, 5.74) is 3.95. The summed E-state index contributed by atoms with van der Waals surface area (Å²) in [5.74, 6) is -0.132. The number of hydrogen-bond donors (Lipinski definition) is 0. The fourth-order valence-corrected chi connectivity index (χ4v) is 3.82. The van der Waals surface area contributed by atoms with Gasteiger partial charge in [-0.05, 0) is 48.2 Å². The van der Waals surface area contributed by atoms with Gasteiger partial charge in [-0.1, -0.05) is 62.7 Å². The number of carbonyl (C=O) groups is 2. The fourth-order valence-electron chi connectivity index (χ4n) is 3.82. The molecule has 0 aliphatic carbocycles. The summed E-state index contributed by atoms with van der Waals surface area (Å²) >= 11 is 0. The Kier molecular flexibility index (Phi) is 8.87. The lowest BCUT2D eigenvalue weighted by Gasteiger charge is -2.28. The van der Waals surface area contributed by atoms with Crippen LogP contribution in [0.2, 0.25) is 0 Å². The highest BCUT2D eigenvalue weighted by molar-refractivity contribution is 5.96. The number of nitrogens with zero attached hydrogens (tertiary/aromatic N) is 3. The minimum absolute atomic E-state index is 0.0466. The second-order valence-electron chi connectivity index (χ2n) is 8.48. The summed E-state index contributed by atoms with van der Waals surface area (Å²) in [5, 5.41) is 0. The molecule has 0 spiro atoms. The van der Waals surface area contributed by atoms with E-state index in [1.807, 2.05) is 89.4 Å². The van der Waals surface area contributed by atoms with Crippen molar-refractivity contribution < 1.29 is 9.59 Å².